The van der Waals surface area contributed by atoms with Crippen LogP contribution in [0.1, 0.15) is 0 Å². The lowest BCUT2D eigenvalue weighted by molar-refractivity contribution is 0.433. The molecule has 0 saturated heterocycles. The van der Waals surface area contributed by atoms with Gasteiger partial charge in [0.15, 0.2) is 11.6 Å². The minimum Gasteiger partial charge on any atom is -0.505 e. The molecule has 12 heavy (non-hydrogen) atoms. The van der Waals surface area contributed by atoms with E-state index in [-0.39, 0.29) is 0 Å². The van der Waals surface area contributed by atoms with E-state index in [4.69, 9.17) is 5.11 Å². The van der Waals surface area contributed by atoms with E-state index in [1.807, 2.05) is 0 Å². The summed E-state index contributed by atoms with van der Waals surface area (Å²) in [4.78, 5) is 0. The van der Waals surface area contributed by atoms with Crippen molar-refractivity contribution in [2.45, 2.75) is 0 Å². The van der Waals surface area contributed by atoms with E-state index in [0.29, 0.717) is 11.0 Å². The normalized spacial score (nSPS) is 10.8. The van der Waals surface area contributed by atoms with Gasteiger partial charge in [-0.2, -0.15) is 0 Å². The van der Waals surface area contributed by atoms with Crippen LogP contribution in [0.3, 0.4) is 0 Å². The summed E-state index contributed by atoms with van der Waals surface area (Å²) >= 11 is 0. The fraction of sp³-hybridized carbons (Fsp3) is 0.143. The maximum atomic E-state index is 12.8. The molecule has 2 aromatic rings. The van der Waals surface area contributed by atoms with Crippen LogP contribution < -0.4 is 0 Å². The van der Waals surface area contributed by atoms with E-state index >= 15 is 0 Å². The molecular weight excluding hydrogens is 161 g/mol. The lowest BCUT2D eigenvalue weighted by Gasteiger charge is -1.94. The molecule has 4 nitrogen and oxygen atoms in total. The van der Waals surface area contributed by atoms with E-state index in [1.165, 1.54) is 16.8 Å². The number of benzene rings is 1. The number of aromatic hydroxyl groups is 1. The molecule has 0 aliphatic rings. The number of phenols is 1. The summed E-state index contributed by atoms with van der Waals surface area (Å²) in [5.41, 5.74) is 1.04. The van der Waals surface area contributed by atoms with E-state index in [9.17, 15) is 4.39 Å². The Kier molecular flexibility index (Phi) is 1.27. The predicted octanol–water partition coefficient (Wildman–Crippen LogP) is 0.813. The summed E-state index contributed by atoms with van der Waals surface area (Å²) < 4.78 is 14.2. The van der Waals surface area contributed by atoms with Crippen molar-refractivity contribution in [1.82, 2.24) is 15.0 Å². The van der Waals surface area contributed by atoms with Gasteiger partial charge in [0.2, 0.25) is 0 Å². The number of rotatable bonds is 0. The minimum atomic E-state index is -0.659. The Morgan fingerprint density at radius 3 is 3.00 bits per heavy atom. The van der Waals surface area contributed by atoms with Crippen LogP contribution >= 0.6 is 0 Å². The average molecular weight is 167 g/mol. The summed E-state index contributed by atoms with van der Waals surface area (Å²) in [7, 11) is 1.66. The van der Waals surface area contributed by atoms with Crippen LogP contribution in [0.25, 0.3) is 11.0 Å². The Hall–Kier alpha value is -1.65. The van der Waals surface area contributed by atoms with Gasteiger partial charge in [0.05, 0.1) is 5.52 Å². The molecule has 0 atom stereocenters. The van der Waals surface area contributed by atoms with Gasteiger partial charge in [-0.15, -0.1) is 5.10 Å². The predicted molar refractivity (Wildman–Crippen MR) is 40.1 cm³/mol. The second-order valence-corrected chi connectivity index (χ2v) is 2.51. The van der Waals surface area contributed by atoms with Crippen molar-refractivity contribution in [2.75, 3.05) is 0 Å². The average Bonchev–Trinajstić information content (AvgIpc) is 2.35. The Balaban J connectivity index is 2.87. The Morgan fingerprint density at radius 1 is 1.50 bits per heavy atom. The minimum absolute atomic E-state index is 0.400. The maximum Gasteiger partial charge on any atom is 0.167 e. The zero-order chi connectivity index (χ0) is 8.72. The van der Waals surface area contributed by atoms with Gasteiger partial charge in [-0.25, -0.2) is 9.07 Å². The third-order valence-corrected chi connectivity index (χ3v) is 1.68. The molecule has 62 valence electrons. The smallest absolute Gasteiger partial charge is 0.167 e. The molecule has 1 N–H and O–H groups in total. The Labute approximate surface area is 67.2 Å². The summed E-state index contributed by atoms with van der Waals surface area (Å²) in [5.74, 6) is -1.06. The molecule has 0 bridgehead atoms. The fourth-order valence-electron chi connectivity index (χ4n) is 1.04. The van der Waals surface area contributed by atoms with Crippen LogP contribution in [-0.4, -0.2) is 20.1 Å². The first kappa shape index (κ1) is 7.02. The highest BCUT2D eigenvalue weighted by Crippen LogP contribution is 2.20. The van der Waals surface area contributed by atoms with Gasteiger partial charge in [-0.05, 0) is 0 Å². The van der Waals surface area contributed by atoms with Crippen molar-refractivity contribution in [3.63, 3.8) is 0 Å². The fourth-order valence-corrected chi connectivity index (χ4v) is 1.04. The molecule has 5 heteroatoms. The molecular formula is C7H6FN3O. The Morgan fingerprint density at radius 2 is 2.25 bits per heavy atom. The number of aromatic nitrogens is 3. The number of phenolic OH excluding ortho intramolecular Hbond substituents is 1. The lowest BCUT2D eigenvalue weighted by atomic mass is 10.3. The summed E-state index contributed by atoms with van der Waals surface area (Å²) in [6.07, 6.45) is 0. The number of halogens is 1. The highest BCUT2D eigenvalue weighted by atomic mass is 19.1. The highest BCUT2D eigenvalue weighted by Gasteiger charge is 2.06. The zero-order valence-corrected chi connectivity index (χ0v) is 6.32. The quantitative estimate of drug-likeness (QED) is 0.631. The number of nitrogens with zero attached hydrogens (tertiary/aromatic N) is 3. The monoisotopic (exact) mass is 167 g/mol. The maximum absolute atomic E-state index is 12.8. The lowest BCUT2D eigenvalue weighted by Crippen LogP contribution is -1.89. The second-order valence-electron chi connectivity index (χ2n) is 2.51. The van der Waals surface area contributed by atoms with Crippen molar-refractivity contribution in [2.24, 2.45) is 7.05 Å². The van der Waals surface area contributed by atoms with Crippen LogP contribution in [0.15, 0.2) is 12.1 Å². The van der Waals surface area contributed by atoms with Crippen molar-refractivity contribution in [3.05, 3.63) is 17.9 Å². The molecule has 0 aliphatic carbocycles. The Bertz CT molecular complexity index is 437. The third-order valence-electron chi connectivity index (χ3n) is 1.68. The van der Waals surface area contributed by atoms with Gasteiger partial charge in [0.1, 0.15) is 5.52 Å². The van der Waals surface area contributed by atoms with E-state index in [0.717, 1.165) is 0 Å². The summed E-state index contributed by atoms with van der Waals surface area (Å²) in [6, 6.07) is 2.45. The molecule has 0 radical (unpaired) electrons. The van der Waals surface area contributed by atoms with Crippen LogP contribution in [-0.2, 0) is 7.05 Å². The van der Waals surface area contributed by atoms with Crippen molar-refractivity contribution in [3.8, 4) is 5.75 Å². The molecule has 1 aromatic heterocycles. The number of fused-ring (bicyclic) bond motifs is 1. The molecule has 0 spiro atoms. The molecule has 1 heterocycles. The van der Waals surface area contributed by atoms with Crippen molar-refractivity contribution in [1.29, 1.82) is 0 Å². The number of hydrogen-bond acceptors (Lipinski definition) is 3. The van der Waals surface area contributed by atoms with Gasteiger partial charge in [0, 0.05) is 19.2 Å². The van der Waals surface area contributed by atoms with Gasteiger partial charge in [0.25, 0.3) is 0 Å². The molecule has 0 aliphatic heterocycles. The first-order valence-electron chi connectivity index (χ1n) is 3.36. The van der Waals surface area contributed by atoms with Crippen molar-refractivity contribution < 1.29 is 9.50 Å². The molecule has 0 amide bonds. The van der Waals surface area contributed by atoms with Crippen LogP contribution in [0.2, 0.25) is 0 Å². The first-order chi connectivity index (χ1) is 5.68. The van der Waals surface area contributed by atoms with Gasteiger partial charge < -0.3 is 5.11 Å². The molecule has 0 saturated carbocycles. The van der Waals surface area contributed by atoms with Crippen molar-refractivity contribution >= 4 is 11.0 Å². The largest absolute Gasteiger partial charge is 0.505 e. The second kappa shape index (κ2) is 2.17. The molecule has 2 rings (SSSR count). The molecule has 0 fully saturated rings. The topological polar surface area (TPSA) is 50.9 Å². The van der Waals surface area contributed by atoms with Gasteiger partial charge in [-0.1, -0.05) is 5.21 Å². The summed E-state index contributed by atoms with van der Waals surface area (Å²) in [6.45, 7) is 0. The van der Waals surface area contributed by atoms with Gasteiger partial charge in [-0.3, -0.25) is 0 Å². The van der Waals surface area contributed by atoms with Crippen LogP contribution in [0.4, 0.5) is 4.39 Å². The third kappa shape index (κ3) is 0.827. The van der Waals surface area contributed by atoms with Gasteiger partial charge >= 0.3 is 0 Å². The number of aryl methyl sites for hydroxylation is 1. The van der Waals surface area contributed by atoms with E-state index in [2.05, 4.69) is 10.3 Å². The van der Waals surface area contributed by atoms with E-state index in [1.54, 1.807) is 7.05 Å². The standard InChI is InChI=1S/C7H6FN3O/c1-11-6-2-4(8)7(12)3-5(6)9-10-11/h2-3,12H,1H3. The molecule has 1 aromatic carbocycles. The highest BCUT2D eigenvalue weighted by molar-refractivity contribution is 5.75. The summed E-state index contributed by atoms with van der Waals surface area (Å²) in [5, 5.41) is 16.3. The van der Waals surface area contributed by atoms with Crippen LogP contribution in [0.5, 0.6) is 5.75 Å². The number of hydrogen-bond donors (Lipinski definition) is 1. The van der Waals surface area contributed by atoms with E-state index < -0.39 is 11.6 Å². The first-order valence-corrected chi connectivity index (χ1v) is 3.36. The molecule has 0 unspecified atom stereocenters. The zero-order valence-electron chi connectivity index (χ0n) is 6.32. The van der Waals surface area contributed by atoms with Crippen LogP contribution in [0, 0.1) is 5.82 Å². The SMILES string of the molecule is Cn1nnc2cc(O)c(F)cc21.